The molecule has 0 amide bonds. The fraction of sp³-hybridized carbons (Fsp3) is 0.100. The number of rotatable bonds is 2. The van der Waals surface area contributed by atoms with Crippen LogP contribution in [0, 0.1) is 0 Å². The number of aromatic amines is 1. The lowest BCUT2D eigenvalue weighted by atomic mass is 10.2. The third kappa shape index (κ3) is 1.59. The molecule has 0 spiro atoms. The zero-order chi connectivity index (χ0) is 11.0. The van der Waals surface area contributed by atoms with Crippen molar-refractivity contribution in [2.24, 2.45) is 0 Å². The zero-order valence-corrected chi connectivity index (χ0v) is 9.46. The topological polar surface area (TPSA) is 62.3 Å². The molecule has 0 saturated heterocycles. The predicted molar refractivity (Wildman–Crippen MR) is 59.5 cm³/mol. The summed E-state index contributed by atoms with van der Waals surface area (Å²) < 4.78 is 5.61. The molecule has 2 rings (SSSR count). The van der Waals surface area contributed by atoms with Crippen molar-refractivity contribution in [2.45, 2.75) is 0 Å². The Hall–Kier alpha value is -1.49. The second-order valence-corrected chi connectivity index (χ2v) is 3.82. The van der Waals surface area contributed by atoms with Gasteiger partial charge in [-0.25, -0.2) is 4.79 Å². The molecule has 2 aromatic rings. The van der Waals surface area contributed by atoms with E-state index < -0.39 is 5.97 Å². The number of carbonyl (C=O) groups is 1. The summed E-state index contributed by atoms with van der Waals surface area (Å²) in [5.74, 6) is -0.295. The molecule has 0 bridgehead atoms. The number of methoxy groups -OCH3 is 1. The monoisotopic (exact) mass is 269 g/mol. The minimum absolute atomic E-state index is 0.151. The predicted octanol–water partition coefficient (Wildman–Crippen LogP) is 2.64. The molecular formula is C10H8BrNO3. The second kappa shape index (κ2) is 3.58. The molecule has 4 nitrogen and oxygen atoms in total. The number of nitrogens with one attached hydrogen (secondary N) is 1. The molecule has 0 aliphatic rings. The Morgan fingerprint density at radius 2 is 2.27 bits per heavy atom. The molecule has 78 valence electrons. The molecule has 1 aromatic heterocycles. The molecule has 15 heavy (non-hydrogen) atoms. The van der Waals surface area contributed by atoms with Crippen LogP contribution in [0.5, 0.6) is 5.75 Å². The van der Waals surface area contributed by atoms with Crippen molar-refractivity contribution in [1.82, 2.24) is 4.98 Å². The van der Waals surface area contributed by atoms with Crippen LogP contribution in [0.2, 0.25) is 0 Å². The lowest BCUT2D eigenvalue weighted by Crippen LogP contribution is -1.96. The average Bonchev–Trinajstić information content (AvgIpc) is 2.56. The first-order chi connectivity index (χ1) is 7.13. The smallest absolute Gasteiger partial charge is 0.353 e. The molecule has 0 atom stereocenters. The van der Waals surface area contributed by atoms with Gasteiger partial charge in [0.25, 0.3) is 0 Å². The molecule has 5 heteroatoms. The molecular weight excluding hydrogens is 262 g/mol. The Bertz CT molecular complexity index is 533. The highest BCUT2D eigenvalue weighted by Gasteiger charge is 2.14. The summed E-state index contributed by atoms with van der Waals surface area (Å²) in [5.41, 5.74) is 0.915. The first-order valence-corrected chi connectivity index (χ1v) is 5.01. The van der Waals surface area contributed by atoms with Gasteiger partial charge >= 0.3 is 5.97 Å². The van der Waals surface area contributed by atoms with E-state index in [4.69, 9.17) is 9.84 Å². The number of carboxylic acids is 1. The summed E-state index contributed by atoms with van der Waals surface area (Å²) in [5, 5.41) is 9.70. The molecule has 1 aromatic carbocycles. The number of aromatic nitrogens is 1. The molecule has 2 N–H and O–H groups in total. The quantitative estimate of drug-likeness (QED) is 0.881. The molecule has 0 aliphatic carbocycles. The van der Waals surface area contributed by atoms with Gasteiger partial charge in [-0.15, -0.1) is 0 Å². The Labute approximate surface area is 94.0 Å². The van der Waals surface area contributed by atoms with Crippen LogP contribution in [0.3, 0.4) is 0 Å². The Morgan fingerprint density at radius 3 is 2.87 bits per heavy atom. The Kier molecular flexibility index (Phi) is 2.40. The number of benzene rings is 1. The number of carboxylic acid groups (broad SMARTS) is 1. The SMILES string of the molecule is COc1ccc2[nH]c(C(=O)O)c(Br)c2c1. The molecule has 0 fully saturated rings. The van der Waals surface area contributed by atoms with Gasteiger partial charge in [-0.3, -0.25) is 0 Å². The van der Waals surface area contributed by atoms with Crippen molar-refractivity contribution in [3.63, 3.8) is 0 Å². The highest BCUT2D eigenvalue weighted by molar-refractivity contribution is 9.10. The van der Waals surface area contributed by atoms with Gasteiger partial charge in [0.1, 0.15) is 11.4 Å². The fourth-order valence-corrected chi connectivity index (χ4v) is 2.01. The van der Waals surface area contributed by atoms with Crippen LogP contribution < -0.4 is 4.74 Å². The normalized spacial score (nSPS) is 10.5. The zero-order valence-electron chi connectivity index (χ0n) is 7.87. The lowest BCUT2D eigenvalue weighted by molar-refractivity contribution is 0.0690. The highest BCUT2D eigenvalue weighted by atomic mass is 79.9. The van der Waals surface area contributed by atoms with Gasteiger partial charge in [-0.2, -0.15) is 0 Å². The first-order valence-electron chi connectivity index (χ1n) is 4.22. The maximum Gasteiger partial charge on any atom is 0.353 e. The molecule has 1 heterocycles. The fourth-order valence-electron chi connectivity index (χ4n) is 1.41. The van der Waals surface area contributed by atoms with E-state index in [0.29, 0.717) is 10.2 Å². The van der Waals surface area contributed by atoms with E-state index in [9.17, 15) is 4.79 Å². The Morgan fingerprint density at radius 1 is 1.53 bits per heavy atom. The summed E-state index contributed by atoms with van der Waals surface area (Å²) in [4.78, 5) is 13.7. The maximum absolute atomic E-state index is 10.9. The molecule has 0 saturated carbocycles. The third-order valence-corrected chi connectivity index (χ3v) is 2.98. The van der Waals surface area contributed by atoms with Crippen LogP contribution >= 0.6 is 15.9 Å². The van der Waals surface area contributed by atoms with Gasteiger partial charge in [0.05, 0.1) is 11.6 Å². The van der Waals surface area contributed by atoms with E-state index >= 15 is 0 Å². The van der Waals surface area contributed by atoms with Crippen molar-refractivity contribution in [2.75, 3.05) is 7.11 Å². The van der Waals surface area contributed by atoms with Gasteiger partial charge < -0.3 is 14.8 Å². The van der Waals surface area contributed by atoms with Crippen molar-refractivity contribution >= 4 is 32.8 Å². The van der Waals surface area contributed by atoms with Crippen molar-refractivity contribution in [3.05, 3.63) is 28.4 Å². The van der Waals surface area contributed by atoms with Crippen molar-refractivity contribution in [3.8, 4) is 5.75 Å². The van der Waals surface area contributed by atoms with Gasteiger partial charge in [-0.05, 0) is 34.1 Å². The number of H-pyrrole nitrogens is 1. The van der Waals surface area contributed by atoms with Crippen LogP contribution in [0.15, 0.2) is 22.7 Å². The molecule has 0 radical (unpaired) electrons. The summed E-state index contributed by atoms with van der Waals surface area (Å²) >= 11 is 3.25. The summed E-state index contributed by atoms with van der Waals surface area (Å²) in [7, 11) is 1.57. The number of fused-ring (bicyclic) bond motifs is 1. The molecule has 0 aliphatic heterocycles. The number of ether oxygens (including phenoxy) is 1. The van der Waals surface area contributed by atoms with Gasteiger partial charge in [0.2, 0.25) is 0 Å². The second-order valence-electron chi connectivity index (χ2n) is 3.03. The van der Waals surface area contributed by atoms with Crippen LogP contribution in [0.4, 0.5) is 0 Å². The number of halogens is 1. The highest BCUT2D eigenvalue weighted by Crippen LogP contribution is 2.30. The van der Waals surface area contributed by atoms with Crippen LogP contribution in [0.25, 0.3) is 10.9 Å². The van der Waals surface area contributed by atoms with E-state index in [-0.39, 0.29) is 5.69 Å². The number of hydrogen-bond acceptors (Lipinski definition) is 2. The van der Waals surface area contributed by atoms with E-state index in [1.807, 2.05) is 0 Å². The average molecular weight is 270 g/mol. The summed E-state index contributed by atoms with van der Waals surface area (Å²) in [6.07, 6.45) is 0. The van der Waals surface area contributed by atoms with E-state index in [1.54, 1.807) is 25.3 Å². The largest absolute Gasteiger partial charge is 0.497 e. The number of aromatic carboxylic acids is 1. The van der Waals surface area contributed by atoms with Crippen molar-refractivity contribution in [1.29, 1.82) is 0 Å². The van der Waals surface area contributed by atoms with Gasteiger partial charge in [0, 0.05) is 10.9 Å². The van der Waals surface area contributed by atoms with E-state index in [1.165, 1.54) is 0 Å². The van der Waals surface area contributed by atoms with Crippen LogP contribution in [-0.2, 0) is 0 Å². The van der Waals surface area contributed by atoms with E-state index in [0.717, 1.165) is 10.9 Å². The number of hydrogen-bond donors (Lipinski definition) is 2. The molecule has 0 unspecified atom stereocenters. The van der Waals surface area contributed by atoms with Gasteiger partial charge in [-0.1, -0.05) is 0 Å². The maximum atomic E-state index is 10.9. The third-order valence-electron chi connectivity index (χ3n) is 2.16. The minimum Gasteiger partial charge on any atom is -0.497 e. The van der Waals surface area contributed by atoms with Crippen LogP contribution in [-0.4, -0.2) is 23.2 Å². The van der Waals surface area contributed by atoms with Gasteiger partial charge in [0.15, 0.2) is 0 Å². The Balaban J connectivity index is 2.72. The summed E-state index contributed by atoms with van der Waals surface area (Å²) in [6, 6.07) is 5.34. The minimum atomic E-state index is -0.989. The lowest BCUT2D eigenvalue weighted by Gasteiger charge is -1.98. The van der Waals surface area contributed by atoms with Crippen molar-refractivity contribution < 1.29 is 14.6 Å². The standard InChI is InChI=1S/C10H8BrNO3/c1-15-5-2-3-7-6(4-5)8(11)9(12-7)10(13)14/h2-4,12H,1H3,(H,13,14). The first kappa shape index (κ1) is 10.0. The summed E-state index contributed by atoms with van der Waals surface area (Å²) in [6.45, 7) is 0. The van der Waals surface area contributed by atoms with Crippen LogP contribution in [0.1, 0.15) is 10.5 Å². The van der Waals surface area contributed by atoms with E-state index in [2.05, 4.69) is 20.9 Å².